The first-order valence-electron chi connectivity index (χ1n) is 7.94. The highest BCUT2D eigenvalue weighted by molar-refractivity contribution is 6.31. The summed E-state index contributed by atoms with van der Waals surface area (Å²) >= 11 is 6.26. The number of carbonyl (C=O) groups is 1. The lowest BCUT2D eigenvalue weighted by Gasteiger charge is -2.38. The summed E-state index contributed by atoms with van der Waals surface area (Å²) in [6.45, 7) is 3.42. The quantitative estimate of drug-likeness (QED) is 0.927. The van der Waals surface area contributed by atoms with Crippen LogP contribution < -0.4 is 5.32 Å². The molecule has 2 heterocycles. The van der Waals surface area contributed by atoms with Crippen LogP contribution in [0.3, 0.4) is 0 Å². The number of hydrogen-bond donors (Lipinski definition) is 1. The van der Waals surface area contributed by atoms with E-state index in [1.165, 1.54) is 0 Å². The van der Waals surface area contributed by atoms with Gasteiger partial charge in [-0.15, -0.1) is 0 Å². The molecule has 1 aliphatic rings. The van der Waals surface area contributed by atoms with Gasteiger partial charge in [-0.05, 0) is 30.7 Å². The van der Waals surface area contributed by atoms with E-state index in [0.717, 1.165) is 11.1 Å². The Kier molecular flexibility index (Phi) is 5.33. The number of nitrogens with one attached hydrogen (secondary N) is 1. The number of nitrogens with zero attached hydrogens (tertiary/aromatic N) is 2. The Bertz CT molecular complexity index is 696. The molecule has 2 aromatic rings. The molecule has 0 spiro atoms. The molecule has 0 bridgehead atoms. The third-order valence-electron chi connectivity index (χ3n) is 4.14. The lowest BCUT2D eigenvalue weighted by Crippen LogP contribution is -2.51. The number of morpholine rings is 1. The summed E-state index contributed by atoms with van der Waals surface area (Å²) in [6.07, 6.45) is 3.22. The van der Waals surface area contributed by atoms with Gasteiger partial charge < -0.3 is 15.0 Å². The summed E-state index contributed by atoms with van der Waals surface area (Å²) in [5.74, 6) is 0. The van der Waals surface area contributed by atoms with Crippen LogP contribution in [0.2, 0.25) is 5.02 Å². The normalized spacial score (nSPS) is 20.7. The van der Waals surface area contributed by atoms with E-state index >= 15 is 0 Å². The van der Waals surface area contributed by atoms with E-state index in [0.29, 0.717) is 24.7 Å². The number of benzene rings is 1. The van der Waals surface area contributed by atoms with Crippen molar-refractivity contribution in [3.63, 3.8) is 0 Å². The minimum absolute atomic E-state index is 0.0150. The van der Waals surface area contributed by atoms with Crippen molar-refractivity contribution >= 4 is 17.6 Å². The number of aromatic nitrogens is 1. The Labute approximate surface area is 146 Å². The summed E-state index contributed by atoms with van der Waals surface area (Å²) < 4.78 is 5.89. The van der Waals surface area contributed by atoms with E-state index in [4.69, 9.17) is 16.3 Å². The summed E-state index contributed by atoms with van der Waals surface area (Å²) in [4.78, 5) is 18.3. The highest BCUT2D eigenvalue weighted by Crippen LogP contribution is 2.29. The Morgan fingerprint density at radius 1 is 1.33 bits per heavy atom. The lowest BCUT2D eigenvalue weighted by atomic mass is 10.1. The Morgan fingerprint density at radius 2 is 2.08 bits per heavy atom. The minimum atomic E-state index is -0.207. The van der Waals surface area contributed by atoms with E-state index in [9.17, 15) is 4.79 Å². The van der Waals surface area contributed by atoms with Crippen LogP contribution in [0.4, 0.5) is 4.79 Å². The van der Waals surface area contributed by atoms with Crippen LogP contribution in [0, 0.1) is 0 Å². The Hall–Kier alpha value is -2.11. The van der Waals surface area contributed by atoms with Crippen molar-refractivity contribution in [3.05, 3.63) is 64.9 Å². The van der Waals surface area contributed by atoms with E-state index in [1.807, 2.05) is 43.3 Å². The van der Waals surface area contributed by atoms with Crippen LogP contribution >= 0.6 is 11.6 Å². The van der Waals surface area contributed by atoms with Gasteiger partial charge in [0.25, 0.3) is 0 Å². The van der Waals surface area contributed by atoms with Crippen molar-refractivity contribution in [2.45, 2.75) is 25.6 Å². The molecule has 2 amide bonds. The van der Waals surface area contributed by atoms with Gasteiger partial charge in [-0.2, -0.15) is 0 Å². The number of carbonyl (C=O) groups excluding carboxylic acids is 1. The monoisotopic (exact) mass is 345 g/mol. The molecule has 1 N–H and O–H groups in total. The number of hydrogen-bond acceptors (Lipinski definition) is 3. The van der Waals surface area contributed by atoms with Crippen molar-refractivity contribution in [1.29, 1.82) is 0 Å². The predicted molar refractivity (Wildman–Crippen MR) is 92.8 cm³/mol. The number of amides is 2. The summed E-state index contributed by atoms with van der Waals surface area (Å²) in [6, 6.07) is 11.3. The van der Waals surface area contributed by atoms with Crippen molar-refractivity contribution in [2.75, 3.05) is 13.2 Å². The zero-order chi connectivity index (χ0) is 16.9. The fourth-order valence-electron chi connectivity index (χ4n) is 2.74. The van der Waals surface area contributed by atoms with Crippen molar-refractivity contribution < 1.29 is 9.53 Å². The van der Waals surface area contributed by atoms with Gasteiger partial charge in [0.1, 0.15) is 6.10 Å². The Morgan fingerprint density at radius 3 is 2.83 bits per heavy atom. The van der Waals surface area contributed by atoms with Crippen LogP contribution in [0.15, 0.2) is 48.8 Å². The fourth-order valence-corrected chi connectivity index (χ4v) is 3.00. The van der Waals surface area contributed by atoms with Crippen molar-refractivity contribution in [1.82, 2.24) is 15.2 Å². The van der Waals surface area contributed by atoms with Gasteiger partial charge in [-0.3, -0.25) is 4.98 Å². The molecule has 1 aromatic carbocycles. The molecule has 3 rings (SSSR count). The predicted octanol–water partition coefficient (Wildman–Crippen LogP) is 3.41. The number of ether oxygens (including phenoxy) is 1. The maximum absolute atomic E-state index is 12.6. The van der Waals surface area contributed by atoms with E-state index in [2.05, 4.69) is 10.3 Å². The zero-order valence-electron chi connectivity index (χ0n) is 13.5. The minimum Gasteiger partial charge on any atom is -0.369 e. The van der Waals surface area contributed by atoms with E-state index in [1.54, 1.807) is 17.3 Å². The van der Waals surface area contributed by atoms with Crippen LogP contribution in [0.5, 0.6) is 0 Å². The van der Waals surface area contributed by atoms with Gasteiger partial charge >= 0.3 is 6.03 Å². The second-order valence-electron chi connectivity index (χ2n) is 5.86. The van der Waals surface area contributed by atoms with E-state index in [-0.39, 0.29) is 18.2 Å². The van der Waals surface area contributed by atoms with Crippen molar-refractivity contribution in [3.8, 4) is 0 Å². The lowest BCUT2D eigenvalue weighted by molar-refractivity contribution is -0.0427. The maximum atomic E-state index is 12.6. The first kappa shape index (κ1) is 16.7. The molecular formula is C18H20ClN3O2. The van der Waals surface area contributed by atoms with Crippen LogP contribution in [0.25, 0.3) is 0 Å². The molecule has 1 saturated heterocycles. The first-order chi connectivity index (χ1) is 11.6. The largest absolute Gasteiger partial charge is 0.369 e. The van der Waals surface area contributed by atoms with Gasteiger partial charge in [0.15, 0.2) is 0 Å². The molecule has 1 aliphatic heterocycles. The third-order valence-corrected chi connectivity index (χ3v) is 4.48. The topological polar surface area (TPSA) is 54.5 Å². The highest BCUT2D eigenvalue weighted by Gasteiger charge is 2.31. The number of halogens is 1. The summed E-state index contributed by atoms with van der Waals surface area (Å²) in [5.41, 5.74) is 1.93. The molecule has 126 valence electrons. The SMILES string of the molecule is C[C@H]1CO[C@@H](c2ccccc2Cl)CN1C(=O)NCc1ccncc1. The van der Waals surface area contributed by atoms with Gasteiger partial charge in [0.05, 0.1) is 19.2 Å². The van der Waals surface area contributed by atoms with Gasteiger partial charge in [0, 0.05) is 29.5 Å². The molecule has 2 atom stereocenters. The average Bonchev–Trinajstić information content (AvgIpc) is 2.61. The highest BCUT2D eigenvalue weighted by atomic mass is 35.5. The maximum Gasteiger partial charge on any atom is 0.318 e. The Balaban J connectivity index is 1.65. The molecule has 0 unspecified atom stereocenters. The van der Waals surface area contributed by atoms with Gasteiger partial charge in [-0.25, -0.2) is 4.79 Å². The average molecular weight is 346 g/mol. The number of pyridine rings is 1. The second kappa shape index (κ2) is 7.64. The molecule has 0 aliphatic carbocycles. The van der Waals surface area contributed by atoms with Crippen LogP contribution in [0.1, 0.15) is 24.2 Å². The fraction of sp³-hybridized carbons (Fsp3) is 0.333. The summed E-state index contributed by atoms with van der Waals surface area (Å²) in [7, 11) is 0. The first-order valence-corrected chi connectivity index (χ1v) is 8.32. The molecule has 5 nitrogen and oxygen atoms in total. The van der Waals surface area contributed by atoms with Gasteiger partial charge in [0.2, 0.25) is 0 Å². The van der Waals surface area contributed by atoms with E-state index < -0.39 is 0 Å². The summed E-state index contributed by atoms with van der Waals surface area (Å²) in [5, 5.41) is 3.62. The molecule has 1 fully saturated rings. The second-order valence-corrected chi connectivity index (χ2v) is 6.27. The molecular weight excluding hydrogens is 326 g/mol. The molecule has 6 heteroatoms. The smallest absolute Gasteiger partial charge is 0.318 e. The van der Waals surface area contributed by atoms with Crippen LogP contribution in [-0.2, 0) is 11.3 Å². The number of rotatable bonds is 3. The van der Waals surface area contributed by atoms with Crippen LogP contribution in [-0.4, -0.2) is 35.1 Å². The number of urea groups is 1. The molecule has 0 saturated carbocycles. The standard InChI is InChI=1S/C18H20ClN3O2/c1-13-12-24-17(15-4-2-3-5-16(15)19)11-22(13)18(23)21-10-14-6-8-20-9-7-14/h2-9,13,17H,10-12H2,1H3,(H,21,23)/t13-,17+/m0/s1. The molecule has 24 heavy (non-hydrogen) atoms. The zero-order valence-corrected chi connectivity index (χ0v) is 14.2. The molecule has 0 radical (unpaired) electrons. The van der Waals surface area contributed by atoms with Crippen molar-refractivity contribution in [2.24, 2.45) is 0 Å². The van der Waals surface area contributed by atoms with Gasteiger partial charge in [-0.1, -0.05) is 29.8 Å². The molecule has 1 aromatic heterocycles. The third kappa shape index (κ3) is 3.86.